The molecule has 21 heavy (non-hydrogen) atoms. The van der Waals surface area contributed by atoms with Crippen LogP contribution in [0.1, 0.15) is 24.3 Å². The van der Waals surface area contributed by atoms with Crippen molar-refractivity contribution in [2.24, 2.45) is 0 Å². The topological polar surface area (TPSA) is 73.6 Å². The number of fused-ring (bicyclic) bond motifs is 1. The molecule has 0 unspecified atom stereocenters. The molecule has 0 aliphatic rings. The lowest BCUT2D eigenvalue weighted by atomic mass is 10.1. The number of nitrogens with zero attached hydrogens (tertiary/aromatic N) is 1. The standard InChI is InChI=1S/C15H15ClN4O/c1-8(2)20-15(21)12-5-9(6-18-12)13-10-3-4-17-14(10)19-7-11(13)16/h3-8,18H,1-2H3,(H,17,19)(H,20,21). The van der Waals surface area contributed by atoms with Crippen LogP contribution in [0, 0.1) is 0 Å². The highest BCUT2D eigenvalue weighted by molar-refractivity contribution is 6.34. The molecule has 0 saturated heterocycles. The van der Waals surface area contributed by atoms with Crippen LogP contribution in [0.15, 0.2) is 30.7 Å². The minimum absolute atomic E-state index is 0.0881. The SMILES string of the molecule is CC(C)NC(=O)c1cc(-c2c(Cl)cnc3[nH]ccc23)c[nH]1. The molecule has 3 heterocycles. The lowest BCUT2D eigenvalue weighted by Gasteiger charge is -2.06. The van der Waals surface area contributed by atoms with E-state index in [2.05, 4.69) is 20.3 Å². The van der Waals surface area contributed by atoms with E-state index in [9.17, 15) is 4.79 Å². The molecule has 3 rings (SSSR count). The number of nitrogens with one attached hydrogen (secondary N) is 3. The zero-order valence-electron chi connectivity index (χ0n) is 11.7. The second-order valence-electron chi connectivity index (χ2n) is 5.15. The van der Waals surface area contributed by atoms with Crippen LogP contribution in [-0.2, 0) is 0 Å². The van der Waals surface area contributed by atoms with Gasteiger partial charge < -0.3 is 15.3 Å². The highest BCUT2D eigenvalue weighted by Crippen LogP contribution is 2.34. The van der Waals surface area contributed by atoms with Crippen LogP contribution < -0.4 is 5.32 Å². The van der Waals surface area contributed by atoms with Gasteiger partial charge in [0.05, 0.1) is 5.02 Å². The number of rotatable bonds is 3. The van der Waals surface area contributed by atoms with E-state index in [1.54, 1.807) is 18.5 Å². The molecule has 5 nitrogen and oxygen atoms in total. The van der Waals surface area contributed by atoms with E-state index in [0.717, 1.165) is 22.2 Å². The van der Waals surface area contributed by atoms with E-state index in [0.29, 0.717) is 10.7 Å². The van der Waals surface area contributed by atoms with E-state index in [-0.39, 0.29) is 11.9 Å². The molecule has 0 bridgehead atoms. The van der Waals surface area contributed by atoms with Gasteiger partial charge in [0.2, 0.25) is 0 Å². The molecule has 0 aliphatic heterocycles. The summed E-state index contributed by atoms with van der Waals surface area (Å²) in [7, 11) is 0. The van der Waals surface area contributed by atoms with Crippen LogP contribution in [-0.4, -0.2) is 26.9 Å². The smallest absolute Gasteiger partial charge is 0.267 e. The van der Waals surface area contributed by atoms with Gasteiger partial charge in [-0.1, -0.05) is 11.6 Å². The molecule has 6 heteroatoms. The van der Waals surface area contributed by atoms with Crippen molar-refractivity contribution < 1.29 is 4.79 Å². The van der Waals surface area contributed by atoms with Crippen LogP contribution >= 0.6 is 11.6 Å². The number of carbonyl (C=O) groups excluding carboxylic acids is 1. The Balaban J connectivity index is 2.04. The summed E-state index contributed by atoms with van der Waals surface area (Å²) >= 11 is 6.28. The Labute approximate surface area is 126 Å². The van der Waals surface area contributed by atoms with Gasteiger partial charge >= 0.3 is 0 Å². The first-order valence-corrected chi connectivity index (χ1v) is 7.05. The van der Waals surface area contributed by atoms with Crippen molar-refractivity contribution in [1.29, 1.82) is 0 Å². The van der Waals surface area contributed by atoms with Crippen LogP contribution in [0.2, 0.25) is 5.02 Å². The number of carbonyl (C=O) groups is 1. The summed E-state index contributed by atoms with van der Waals surface area (Å²) in [6, 6.07) is 3.81. The van der Waals surface area contributed by atoms with Crippen LogP contribution in [0.4, 0.5) is 0 Å². The molecular weight excluding hydrogens is 288 g/mol. The molecule has 108 valence electrons. The maximum atomic E-state index is 12.0. The normalized spacial score (nSPS) is 11.2. The lowest BCUT2D eigenvalue weighted by Crippen LogP contribution is -2.30. The zero-order valence-corrected chi connectivity index (χ0v) is 12.5. The van der Waals surface area contributed by atoms with Crippen molar-refractivity contribution in [2.45, 2.75) is 19.9 Å². The molecule has 3 aromatic heterocycles. The number of aromatic amines is 2. The van der Waals surface area contributed by atoms with E-state index < -0.39 is 0 Å². The number of aromatic nitrogens is 3. The van der Waals surface area contributed by atoms with Gasteiger partial charge in [0, 0.05) is 41.1 Å². The molecule has 0 saturated carbocycles. The van der Waals surface area contributed by atoms with Crippen LogP contribution in [0.25, 0.3) is 22.2 Å². The molecule has 0 radical (unpaired) electrons. The number of halogens is 1. The summed E-state index contributed by atoms with van der Waals surface area (Å²) in [5.41, 5.74) is 3.00. The van der Waals surface area contributed by atoms with Crippen LogP contribution in [0.5, 0.6) is 0 Å². The summed E-state index contributed by atoms with van der Waals surface area (Å²) in [4.78, 5) is 22.3. The molecule has 1 amide bonds. The van der Waals surface area contributed by atoms with Gasteiger partial charge in [0.15, 0.2) is 0 Å². The quantitative estimate of drug-likeness (QED) is 0.694. The average molecular weight is 303 g/mol. The average Bonchev–Trinajstić information content (AvgIpc) is 3.05. The maximum Gasteiger partial charge on any atom is 0.267 e. The Bertz CT molecular complexity index is 803. The largest absolute Gasteiger partial charge is 0.357 e. The number of H-pyrrole nitrogens is 2. The third-order valence-electron chi connectivity index (χ3n) is 3.18. The summed E-state index contributed by atoms with van der Waals surface area (Å²) < 4.78 is 0. The fourth-order valence-corrected chi connectivity index (χ4v) is 2.55. The first-order valence-electron chi connectivity index (χ1n) is 6.67. The van der Waals surface area contributed by atoms with Crippen molar-refractivity contribution in [3.8, 4) is 11.1 Å². The predicted molar refractivity (Wildman–Crippen MR) is 83.5 cm³/mol. The first-order chi connectivity index (χ1) is 10.1. The Kier molecular flexibility index (Phi) is 3.43. The van der Waals surface area contributed by atoms with Crippen molar-refractivity contribution in [3.05, 3.63) is 41.4 Å². The fraction of sp³-hybridized carbons (Fsp3) is 0.200. The summed E-state index contributed by atoms with van der Waals surface area (Å²) in [6.45, 7) is 3.84. The summed E-state index contributed by atoms with van der Waals surface area (Å²) in [5.74, 6) is -0.133. The predicted octanol–water partition coefficient (Wildman–Crippen LogP) is 3.35. The van der Waals surface area contributed by atoms with Gasteiger partial charge in [0.1, 0.15) is 11.3 Å². The second kappa shape index (κ2) is 5.26. The van der Waals surface area contributed by atoms with E-state index >= 15 is 0 Å². The maximum absolute atomic E-state index is 12.0. The Morgan fingerprint density at radius 3 is 2.95 bits per heavy atom. The number of hydrogen-bond acceptors (Lipinski definition) is 2. The van der Waals surface area contributed by atoms with Gasteiger partial charge in [0.25, 0.3) is 5.91 Å². The second-order valence-corrected chi connectivity index (χ2v) is 5.56. The molecule has 0 aromatic carbocycles. The molecule has 3 aromatic rings. The summed E-state index contributed by atoms with van der Waals surface area (Å²) in [5, 5.41) is 4.33. The monoisotopic (exact) mass is 302 g/mol. The van der Waals surface area contributed by atoms with Crippen LogP contribution in [0.3, 0.4) is 0 Å². The summed E-state index contributed by atoms with van der Waals surface area (Å²) in [6.07, 6.45) is 5.20. The molecule has 0 spiro atoms. The number of amides is 1. The molecule has 0 fully saturated rings. The van der Waals surface area contributed by atoms with Gasteiger partial charge in [-0.15, -0.1) is 0 Å². The first kappa shape index (κ1) is 13.7. The third kappa shape index (κ3) is 2.52. The van der Waals surface area contributed by atoms with Crippen molar-refractivity contribution >= 4 is 28.5 Å². The zero-order chi connectivity index (χ0) is 15.0. The Morgan fingerprint density at radius 1 is 1.38 bits per heavy atom. The third-order valence-corrected chi connectivity index (χ3v) is 3.46. The molecule has 0 atom stereocenters. The minimum Gasteiger partial charge on any atom is -0.357 e. The molecule has 3 N–H and O–H groups in total. The van der Waals surface area contributed by atoms with Crippen molar-refractivity contribution in [1.82, 2.24) is 20.3 Å². The van der Waals surface area contributed by atoms with Gasteiger partial charge in [-0.3, -0.25) is 4.79 Å². The van der Waals surface area contributed by atoms with Gasteiger partial charge in [-0.2, -0.15) is 0 Å². The molecular formula is C15H15ClN4O. The van der Waals surface area contributed by atoms with E-state index in [4.69, 9.17) is 11.6 Å². The Morgan fingerprint density at radius 2 is 2.19 bits per heavy atom. The highest BCUT2D eigenvalue weighted by atomic mass is 35.5. The fourth-order valence-electron chi connectivity index (χ4n) is 2.29. The molecule has 0 aliphatic carbocycles. The number of hydrogen-bond donors (Lipinski definition) is 3. The number of pyridine rings is 1. The van der Waals surface area contributed by atoms with Gasteiger partial charge in [-0.25, -0.2) is 4.98 Å². The Hall–Kier alpha value is -2.27. The minimum atomic E-state index is -0.133. The van der Waals surface area contributed by atoms with E-state index in [1.807, 2.05) is 26.1 Å². The lowest BCUT2D eigenvalue weighted by molar-refractivity contribution is 0.0938. The van der Waals surface area contributed by atoms with Crippen molar-refractivity contribution in [3.63, 3.8) is 0 Å². The van der Waals surface area contributed by atoms with Gasteiger partial charge in [-0.05, 0) is 26.0 Å². The highest BCUT2D eigenvalue weighted by Gasteiger charge is 2.15. The van der Waals surface area contributed by atoms with Crippen molar-refractivity contribution in [2.75, 3.05) is 0 Å². The van der Waals surface area contributed by atoms with E-state index in [1.165, 1.54) is 0 Å².